The van der Waals surface area contributed by atoms with Crippen LogP contribution in [-0.4, -0.2) is 35.5 Å². The van der Waals surface area contributed by atoms with E-state index in [2.05, 4.69) is 5.32 Å². The van der Waals surface area contributed by atoms with E-state index >= 15 is 0 Å². The van der Waals surface area contributed by atoms with Crippen LogP contribution in [0.1, 0.15) is 31.0 Å². The first-order valence-electron chi connectivity index (χ1n) is 8.34. The Kier molecular flexibility index (Phi) is 5.50. The first-order valence-corrected chi connectivity index (χ1v) is 9.28. The van der Waals surface area contributed by atoms with Gasteiger partial charge >= 0.3 is 0 Å². The van der Waals surface area contributed by atoms with Crippen LogP contribution < -0.4 is 5.32 Å². The number of thiophene rings is 1. The molecule has 2 amide bonds. The van der Waals surface area contributed by atoms with Crippen LogP contribution in [0.3, 0.4) is 0 Å². The zero-order valence-electron chi connectivity index (χ0n) is 14.3. The number of hydrogen-bond acceptors (Lipinski definition) is 4. The molecule has 2 unspecified atom stereocenters. The van der Waals surface area contributed by atoms with Crippen LogP contribution >= 0.6 is 11.3 Å². The highest BCUT2D eigenvalue weighted by Gasteiger charge is 2.42. The fourth-order valence-corrected chi connectivity index (χ4v) is 3.79. The second kappa shape index (κ2) is 7.80. The molecule has 3 rings (SSSR count). The standard InChI is InChI=1S/C19H22N2O3S/c1-13(2)21-16(22)11-24-18(17(21)15-6-4-3-5-7-15)19(23)20-10-14-8-9-25-12-14/h3-9,12-13,17-18H,10-11H2,1-2H3,(H,20,23). The van der Waals surface area contributed by atoms with Crippen LogP contribution in [0, 0.1) is 0 Å². The van der Waals surface area contributed by atoms with Gasteiger partial charge in [-0.1, -0.05) is 30.3 Å². The number of rotatable bonds is 5. The monoisotopic (exact) mass is 358 g/mol. The molecule has 1 aliphatic rings. The molecule has 132 valence electrons. The molecule has 0 bridgehead atoms. The van der Waals surface area contributed by atoms with E-state index in [-0.39, 0.29) is 24.5 Å². The zero-order chi connectivity index (χ0) is 17.8. The summed E-state index contributed by atoms with van der Waals surface area (Å²) in [5, 5.41) is 6.91. The molecule has 5 nitrogen and oxygen atoms in total. The Balaban J connectivity index is 1.84. The lowest BCUT2D eigenvalue weighted by molar-refractivity contribution is -0.167. The van der Waals surface area contributed by atoms with E-state index in [1.807, 2.05) is 61.0 Å². The number of carbonyl (C=O) groups excluding carboxylic acids is 2. The van der Waals surface area contributed by atoms with E-state index < -0.39 is 12.1 Å². The van der Waals surface area contributed by atoms with Crippen LogP contribution in [-0.2, 0) is 20.9 Å². The number of morpholine rings is 1. The number of nitrogens with one attached hydrogen (secondary N) is 1. The summed E-state index contributed by atoms with van der Waals surface area (Å²) in [5.74, 6) is -0.288. The Morgan fingerprint density at radius 3 is 2.72 bits per heavy atom. The first-order chi connectivity index (χ1) is 12.1. The lowest BCUT2D eigenvalue weighted by atomic mass is 9.95. The molecule has 0 radical (unpaired) electrons. The molecule has 2 aromatic rings. The minimum atomic E-state index is -0.721. The van der Waals surface area contributed by atoms with Gasteiger partial charge in [0, 0.05) is 12.6 Å². The molecule has 1 fully saturated rings. The van der Waals surface area contributed by atoms with Gasteiger partial charge < -0.3 is 15.0 Å². The smallest absolute Gasteiger partial charge is 0.251 e. The van der Waals surface area contributed by atoms with Crippen LogP contribution in [0.2, 0.25) is 0 Å². The number of ether oxygens (including phenoxy) is 1. The lowest BCUT2D eigenvalue weighted by Crippen LogP contribution is -2.56. The quantitative estimate of drug-likeness (QED) is 0.894. The molecular formula is C19H22N2O3S. The van der Waals surface area contributed by atoms with Gasteiger partial charge in [0.1, 0.15) is 6.61 Å². The van der Waals surface area contributed by atoms with Gasteiger partial charge in [0.05, 0.1) is 6.04 Å². The van der Waals surface area contributed by atoms with Crippen molar-refractivity contribution in [3.63, 3.8) is 0 Å². The highest BCUT2D eigenvalue weighted by Crippen LogP contribution is 2.32. The zero-order valence-corrected chi connectivity index (χ0v) is 15.2. The molecular weight excluding hydrogens is 336 g/mol. The van der Waals surface area contributed by atoms with Gasteiger partial charge in [0.2, 0.25) is 5.91 Å². The van der Waals surface area contributed by atoms with E-state index in [9.17, 15) is 9.59 Å². The Morgan fingerprint density at radius 2 is 2.08 bits per heavy atom. The molecule has 1 aromatic carbocycles. The summed E-state index contributed by atoms with van der Waals surface area (Å²) in [6, 6.07) is 11.1. The summed E-state index contributed by atoms with van der Waals surface area (Å²) in [4.78, 5) is 26.9. The summed E-state index contributed by atoms with van der Waals surface area (Å²) in [5.41, 5.74) is 1.96. The largest absolute Gasteiger partial charge is 0.356 e. The van der Waals surface area contributed by atoms with Crippen molar-refractivity contribution in [2.24, 2.45) is 0 Å². The highest BCUT2D eigenvalue weighted by molar-refractivity contribution is 7.07. The van der Waals surface area contributed by atoms with Crippen molar-refractivity contribution in [2.45, 2.75) is 38.6 Å². The normalized spacial score (nSPS) is 20.8. The Morgan fingerprint density at radius 1 is 1.32 bits per heavy atom. The molecule has 6 heteroatoms. The molecule has 0 saturated carbocycles. The highest BCUT2D eigenvalue weighted by atomic mass is 32.1. The van der Waals surface area contributed by atoms with Gasteiger partial charge in [-0.15, -0.1) is 0 Å². The van der Waals surface area contributed by atoms with E-state index in [4.69, 9.17) is 4.74 Å². The maximum Gasteiger partial charge on any atom is 0.251 e. The molecule has 1 N–H and O–H groups in total. The van der Waals surface area contributed by atoms with E-state index in [0.29, 0.717) is 6.54 Å². The van der Waals surface area contributed by atoms with Crippen molar-refractivity contribution in [1.29, 1.82) is 0 Å². The Labute approximate surface area is 151 Å². The van der Waals surface area contributed by atoms with Gasteiger partial charge in [-0.2, -0.15) is 11.3 Å². The third-order valence-corrected chi connectivity index (χ3v) is 5.00. The molecule has 1 aliphatic heterocycles. The van der Waals surface area contributed by atoms with Crippen molar-refractivity contribution < 1.29 is 14.3 Å². The molecule has 2 atom stereocenters. The third kappa shape index (κ3) is 3.91. The maximum atomic E-state index is 12.8. The first kappa shape index (κ1) is 17.6. The number of benzene rings is 1. The van der Waals surface area contributed by atoms with Crippen molar-refractivity contribution >= 4 is 23.2 Å². The van der Waals surface area contributed by atoms with E-state index in [1.54, 1.807) is 16.2 Å². The number of hydrogen-bond donors (Lipinski definition) is 1. The summed E-state index contributed by atoms with van der Waals surface area (Å²) >= 11 is 1.59. The number of amides is 2. The predicted molar refractivity (Wildman–Crippen MR) is 97.1 cm³/mol. The van der Waals surface area contributed by atoms with E-state index in [0.717, 1.165) is 11.1 Å². The second-order valence-corrected chi connectivity index (χ2v) is 7.11. The maximum absolute atomic E-state index is 12.8. The summed E-state index contributed by atoms with van der Waals surface area (Å²) in [7, 11) is 0. The SMILES string of the molecule is CC(C)N1C(=O)COC(C(=O)NCc2ccsc2)C1c1ccccc1. The van der Waals surface area contributed by atoms with Gasteiger partial charge in [-0.25, -0.2) is 0 Å². The van der Waals surface area contributed by atoms with Crippen LogP contribution in [0.25, 0.3) is 0 Å². The molecule has 1 aromatic heterocycles. The lowest BCUT2D eigenvalue weighted by Gasteiger charge is -2.42. The van der Waals surface area contributed by atoms with Gasteiger partial charge in [-0.3, -0.25) is 9.59 Å². The molecule has 2 heterocycles. The minimum absolute atomic E-state index is 0.0196. The van der Waals surface area contributed by atoms with Crippen molar-refractivity contribution in [3.05, 3.63) is 58.3 Å². The topological polar surface area (TPSA) is 58.6 Å². The van der Waals surface area contributed by atoms with Crippen molar-refractivity contribution in [1.82, 2.24) is 10.2 Å². The molecule has 25 heavy (non-hydrogen) atoms. The van der Waals surface area contributed by atoms with Gasteiger partial charge in [0.25, 0.3) is 5.91 Å². The predicted octanol–water partition coefficient (Wildman–Crippen LogP) is 2.74. The van der Waals surface area contributed by atoms with Crippen molar-refractivity contribution in [3.8, 4) is 0 Å². The molecule has 1 saturated heterocycles. The van der Waals surface area contributed by atoms with Gasteiger partial charge in [0.15, 0.2) is 6.10 Å². The summed E-state index contributed by atoms with van der Waals surface area (Å²) in [6.07, 6.45) is -0.721. The summed E-state index contributed by atoms with van der Waals surface area (Å²) in [6.45, 7) is 4.30. The third-order valence-electron chi connectivity index (χ3n) is 4.26. The van der Waals surface area contributed by atoms with Crippen LogP contribution in [0.4, 0.5) is 0 Å². The Hall–Kier alpha value is -2.18. The van der Waals surface area contributed by atoms with Gasteiger partial charge in [-0.05, 0) is 41.8 Å². The van der Waals surface area contributed by atoms with Crippen molar-refractivity contribution in [2.75, 3.05) is 6.61 Å². The molecule has 0 spiro atoms. The second-order valence-electron chi connectivity index (χ2n) is 6.33. The summed E-state index contributed by atoms with van der Waals surface area (Å²) < 4.78 is 5.67. The van der Waals surface area contributed by atoms with E-state index in [1.165, 1.54) is 0 Å². The van der Waals surface area contributed by atoms with Crippen LogP contribution in [0.15, 0.2) is 47.2 Å². The average Bonchev–Trinajstić information content (AvgIpc) is 3.13. The fraction of sp³-hybridized carbons (Fsp3) is 0.368. The molecule has 0 aliphatic carbocycles. The number of nitrogens with zero attached hydrogens (tertiary/aromatic N) is 1. The fourth-order valence-electron chi connectivity index (χ4n) is 3.12. The average molecular weight is 358 g/mol. The Bertz CT molecular complexity index is 716. The number of carbonyl (C=O) groups is 2. The minimum Gasteiger partial charge on any atom is -0.356 e. The van der Waals surface area contributed by atoms with Crippen LogP contribution in [0.5, 0.6) is 0 Å².